The molecule has 0 aliphatic carbocycles. The van der Waals surface area contributed by atoms with E-state index < -0.39 is 0 Å². The van der Waals surface area contributed by atoms with Crippen LogP contribution in [-0.4, -0.2) is 24.9 Å². The summed E-state index contributed by atoms with van der Waals surface area (Å²) in [5, 5.41) is 13.6. The van der Waals surface area contributed by atoms with Crippen LogP contribution in [0.5, 0.6) is 0 Å². The maximum absolute atomic E-state index is 5.34. The smallest absolute Gasteiger partial charge is 0.237 e. The summed E-state index contributed by atoms with van der Waals surface area (Å²) >= 11 is 1.54. The molecule has 0 unspecified atom stereocenters. The third-order valence-corrected chi connectivity index (χ3v) is 4.90. The monoisotopic (exact) mass is 377 g/mol. The molecular formula is C20H19N5OS. The molecule has 0 saturated heterocycles. The molecule has 0 atom stereocenters. The molecule has 0 aliphatic rings. The molecule has 4 rings (SSSR count). The summed E-state index contributed by atoms with van der Waals surface area (Å²) < 4.78 is 7.40. The molecule has 0 amide bonds. The second-order valence-corrected chi connectivity index (χ2v) is 6.93. The standard InChI is InChI=1S/C20H19N5OS/c1-2-9-17-21-18(26-24-17)14-27-20-23-22-19(15-10-5-3-6-11-15)25(20)16-12-7-4-8-13-16/h3-8,10-13H,2,9,14H2,1H3. The van der Waals surface area contributed by atoms with Gasteiger partial charge in [0.1, 0.15) is 0 Å². The van der Waals surface area contributed by atoms with Crippen LogP contribution in [-0.2, 0) is 12.2 Å². The number of thioether (sulfide) groups is 1. The van der Waals surface area contributed by atoms with Crippen LogP contribution in [0, 0.1) is 0 Å². The molecule has 0 saturated carbocycles. The quantitative estimate of drug-likeness (QED) is 0.440. The van der Waals surface area contributed by atoms with E-state index in [1.54, 1.807) is 0 Å². The predicted molar refractivity (Wildman–Crippen MR) is 105 cm³/mol. The van der Waals surface area contributed by atoms with E-state index in [-0.39, 0.29) is 0 Å². The second-order valence-electron chi connectivity index (χ2n) is 5.99. The zero-order chi connectivity index (χ0) is 18.5. The summed E-state index contributed by atoms with van der Waals surface area (Å²) in [6.45, 7) is 2.10. The average molecular weight is 377 g/mol. The molecular weight excluding hydrogens is 358 g/mol. The van der Waals surface area contributed by atoms with Crippen molar-refractivity contribution in [1.82, 2.24) is 24.9 Å². The van der Waals surface area contributed by atoms with Gasteiger partial charge in [-0.2, -0.15) is 4.98 Å². The SMILES string of the molecule is CCCc1noc(CSc2nnc(-c3ccccc3)n2-c2ccccc2)n1. The molecule has 0 aliphatic heterocycles. The van der Waals surface area contributed by atoms with Gasteiger partial charge < -0.3 is 4.52 Å². The van der Waals surface area contributed by atoms with Gasteiger partial charge in [0.25, 0.3) is 0 Å². The average Bonchev–Trinajstić information content (AvgIpc) is 3.35. The summed E-state index contributed by atoms with van der Waals surface area (Å²) in [7, 11) is 0. The lowest BCUT2D eigenvalue weighted by Gasteiger charge is -2.09. The Kier molecular flexibility index (Phi) is 5.29. The van der Waals surface area contributed by atoms with Gasteiger partial charge in [0.05, 0.1) is 5.75 Å². The molecule has 0 fully saturated rings. The molecule has 27 heavy (non-hydrogen) atoms. The number of para-hydroxylation sites is 1. The number of benzene rings is 2. The van der Waals surface area contributed by atoms with Crippen molar-refractivity contribution in [2.45, 2.75) is 30.7 Å². The Labute approximate surface area is 161 Å². The van der Waals surface area contributed by atoms with E-state index in [1.807, 2.05) is 60.7 Å². The van der Waals surface area contributed by atoms with Crippen LogP contribution in [0.1, 0.15) is 25.1 Å². The number of nitrogens with zero attached hydrogens (tertiary/aromatic N) is 5. The first kappa shape index (κ1) is 17.5. The van der Waals surface area contributed by atoms with Gasteiger partial charge in [0.15, 0.2) is 16.8 Å². The zero-order valence-electron chi connectivity index (χ0n) is 14.9. The van der Waals surface area contributed by atoms with Crippen LogP contribution in [0.15, 0.2) is 70.3 Å². The van der Waals surface area contributed by atoms with Crippen LogP contribution in [0.3, 0.4) is 0 Å². The highest BCUT2D eigenvalue weighted by Gasteiger charge is 2.17. The second kappa shape index (κ2) is 8.18. The van der Waals surface area contributed by atoms with E-state index in [9.17, 15) is 0 Å². The van der Waals surface area contributed by atoms with Crippen LogP contribution < -0.4 is 0 Å². The van der Waals surface area contributed by atoms with Gasteiger partial charge >= 0.3 is 0 Å². The summed E-state index contributed by atoms with van der Waals surface area (Å²) in [5.41, 5.74) is 2.03. The first-order valence-corrected chi connectivity index (χ1v) is 9.84. The molecule has 2 heterocycles. The van der Waals surface area contributed by atoms with E-state index in [1.165, 1.54) is 11.8 Å². The van der Waals surface area contributed by atoms with Crippen LogP contribution in [0.4, 0.5) is 0 Å². The van der Waals surface area contributed by atoms with Crippen molar-refractivity contribution in [3.63, 3.8) is 0 Å². The Morgan fingerprint density at radius 1 is 0.963 bits per heavy atom. The van der Waals surface area contributed by atoms with E-state index in [2.05, 4.69) is 31.8 Å². The molecule has 2 aromatic heterocycles. The van der Waals surface area contributed by atoms with Crippen molar-refractivity contribution in [3.8, 4) is 17.1 Å². The molecule has 6 nitrogen and oxygen atoms in total. The third kappa shape index (κ3) is 3.93. The fourth-order valence-electron chi connectivity index (χ4n) is 2.75. The fraction of sp³-hybridized carbons (Fsp3) is 0.200. The van der Waals surface area contributed by atoms with Gasteiger partial charge in [-0.05, 0) is 18.6 Å². The minimum atomic E-state index is 0.552. The lowest BCUT2D eigenvalue weighted by atomic mass is 10.2. The lowest BCUT2D eigenvalue weighted by molar-refractivity contribution is 0.384. The summed E-state index contributed by atoms with van der Waals surface area (Å²) in [6.07, 6.45) is 1.82. The Bertz CT molecular complexity index is 998. The van der Waals surface area contributed by atoms with Crippen LogP contribution in [0.25, 0.3) is 17.1 Å². The van der Waals surface area contributed by atoms with Gasteiger partial charge in [-0.1, -0.05) is 72.4 Å². The number of hydrogen-bond acceptors (Lipinski definition) is 6. The van der Waals surface area contributed by atoms with Crippen molar-refractivity contribution in [1.29, 1.82) is 0 Å². The summed E-state index contributed by atoms with van der Waals surface area (Å²) in [5.74, 6) is 2.72. The number of rotatable bonds is 7. The highest BCUT2D eigenvalue weighted by molar-refractivity contribution is 7.98. The highest BCUT2D eigenvalue weighted by atomic mass is 32.2. The topological polar surface area (TPSA) is 69.6 Å². The van der Waals surface area contributed by atoms with Crippen LogP contribution >= 0.6 is 11.8 Å². The van der Waals surface area contributed by atoms with Gasteiger partial charge in [0.2, 0.25) is 5.89 Å². The Morgan fingerprint density at radius 2 is 1.70 bits per heavy atom. The highest BCUT2D eigenvalue weighted by Crippen LogP contribution is 2.29. The van der Waals surface area contributed by atoms with Gasteiger partial charge in [-0.3, -0.25) is 4.57 Å². The number of hydrogen-bond donors (Lipinski definition) is 0. The molecule has 0 bridgehead atoms. The van der Waals surface area contributed by atoms with Crippen LogP contribution in [0.2, 0.25) is 0 Å². The van der Waals surface area contributed by atoms with E-state index >= 15 is 0 Å². The van der Waals surface area contributed by atoms with Crippen molar-refractivity contribution in [2.24, 2.45) is 0 Å². The maximum atomic E-state index is 5.34. The van der Waals surface area contributed by atoms with Crippen molar-refractivity contribution < 1.29 is 4.52 Å². The Hall–Kier alpha value is -2.93. The molecule has 4 aromatic rings. The molecule has 0 N–H and O–H groups in total. The Balaban J connectivity index is 1.65. The van der Waals surface area contributed by atoms with Crippen molar-refractivity contribution >= 4 is 11.8 Å². The van der Waals surface area contributed by atoms with Crippen molar-refractivity contribution in [3.05, 3.63) is 72.4 Å². The molecule has 0 spiro atoms. The molecule has 2 aromatic carbocycles. The normalized spacial score (nSPS) is 11.0. The Morgan fingerprint density at radius 3 is 2.44 bits per heavy atom. The predicted octanol–water partition coefficient (Wildman–Crippen LogP) is 4.56. The molecule has 0 radical (unpaired) electrons. The van der Waals surface area contributed by atoms with Crippen molar-refractivity contribution in [2.75, 3.05) is 0 Å². The minimum absolute atomic E-state index is 0.552. The third-order valence-electron chi connectivity index (χ3n) is 3.99. The van der Waals surface area contributed by atoms with Gasteiger partial charge in [-0.15, -0.1) is 10.2 Å². The first-order chi connectivity index (χ1) is 13.3. The van der Waals surface area contributed by atoms with E-state index in [4.69, 9.17) is 4.52 Å². The number of aromatic nitrogens is 5. The summed E-state index contributed by atoms with van der Waals surface area (Å²) in [6, 6.07) is 20.2. The lowest BCUT2D eigenvalue weighted by Crippen LogP contribution is -1.99. The van der Waals surface area contributed by atoms with E-state index in [0.717, 1.165) is 40.9 Å². The minimum Gasteiger partial charge on any atom is -0.338 e. The maximum Gasteiger partial charge on any atom is 0.237 e. The largest absolute Gasteiger partial charge is 0.338 e. The zero-order valence-corrected chi connectivity index (χ0v) is 15.8. The van der Waals surface area contributed by atoms with Gasteiger partial charge in [-0.25, -0.2) is 0 Å². The summed E-state index contributed by atoms with van der Waals surface area (Å²) in [4.78, 5) is 4.43. The molecule has 136 valence electrons. The first-order valence-electron chi connectivity index (χ1n) is 8.85. The van der Waals surface area contributed by atoms with E-state index in [0.29, 0.717) is 11.6 Å². The van der Waals surface area contributed by atoms with Gasteiger partial charge in [0, 0.05) is 17.7 Å². The number of aryl methyl sites for hydroxylation is 1. The fourth-order valence-corrected chi connectivity index (χ4v) is 3.54. The molecule has 7 heteroatoms.